The van der Waals surface area contributed by atoms with Crippen molar-refractivity contribution in [3.8, 4) is 0 Å². The van der Waals surface area contributed by atoms with Gasteiger partial charge in [-0.15, -0.1) is 23.1 Å². The summed E-state index contributed by atoms with van der Waals surface area (Å²) in [6, 6.07) is 3.14. The first-order chi connectivity index (χ1) is 7.15. The maximum absolute atomic E-state index is 10.5. The fraction of sp³-hybridized carbons (Fsp3) is 0.444. The zero-order chi connectivity index (χ0) is 11.3. The minimum Gasteiger partial charge on any atom is -0.480 e. The number of rotatable bonds is 6. The molecule has 1 aromatic heterocycles. The Kier molecular flexibility index (Phi) is 10.3. The molecule has 0 fully saturated rings. The van der Waals surface area contributed by atoms with Crippen LogP contribution in [0.15, 0.2) is 17.5 Å². The molecule has 6 nitrogen and oxygen atoms in total. The average molecular weight is 282 g/mol. The molecule has 0 saturated heterocycles. The Bertz CT molecular complexity index is 308. The van der Waals surface area contributed by atoms with E-state index in [9.17, 15) is 4.79 Å². The highest BCUT2D eigenvalue weighted by Gasteiger charge is 2.16. The molecular formula is C9H18N2O4S2. The van der Waals surface area contributed by atoms with E-state index in [2.05, 4.69) is 0 Å². The summed E-state index contributed by atoms with van der Waals surface area (Å²) in [5, 5.41) is 10.8. The number of thioether (sulfide) groups is 1. The van der Waals surface area contributed by atoms with Gasteiger partial charge in [0.25, 0.3) is 0 Å². The molecule has 2 atom stereocenters. The van der Waals surface area contributed by atoms with Crippen LogP contribution in [0.1, 0.15) is 10.1 Å². The van der Waals surface area contributed by atoms with Crippen LogP contribution in [-0.2, 0) is 4.79 Å². The van der Waals surface area contributed by atoms with E-state index in [0.717, 1.165) is 0 Å². The van der Waals surface area contributed by atoms with Crippen LogP contribution in [0.3, 0.4) is 0 Å². The fourth-order valence-electron chi connectivity index (χ4n) is 1.03. The molecule has 0 amide bonds. The summed E-state index contributed by atoms with van der Waals surface area (Å²) in [6.45, 7) is 0.498. The van der Waals surface area contributed by atoms with Gasteiger partial charge in [0.2, 0.25) is 0 Å². The number of carboxylic acids is 1. The number of nitrogens with two attached hydrogens (primary N) is 2. The first-order valence-corrected chi connectivity index (χ1v) is 6.41. The van der Waals surface area contributed by atoms with E-state index in [4.69, 9.17) is 16.6 Å². The predicted octanol–water partition coefficient (Wildman–Crippen LogP) is -0.756. The molecule has 1 rings (SSSR count). The Morgan fingerprint density at radius 3 is 2.59 bits per heavy atom. The van der Waals surface area contributed by atoms with Crippen molar-refractivity contribution in [2.24, 2.45) is 11.5 Å². The molecule has 0 aliphatic heterocycles. The normalized spacial score (nSPS) is 13.1. The zero-order valence-corrected chi connectivity index (χ0v) is 10.8. The summed E-state index contributed by atoms with van der Waals surface area (Å²) >= 11 is 3.12. The summed E-state index contributed by atoms with van der Waals surface area (Å²) in [4.78, 5) is 11.7. The number of hydrogen-bond acceptors (Lipinski definition) is 5. The van der Waals surface area contributed by atoms with Gasteiger partial charge in [0, 0.05) is 17.2 Å². The lowest BCUT2D eigenvalue weighted by Crippen LogP contribution is -2.33. The number of carboxylic acid groups (broad SMARTS) is 1. The summed E-state index contributed by atoms with van der Waals surface area (Å²) in [5.74, 6) is -0.584. The van der Waals surface area contributed by atoms with Crippen LogP contribution in [0, 0.1) is 0 Å². The summed E-state index contributed by atoms with van der Waals surface area (Å²) in [5.41, 5.74) is 11.0. The second-order valence-electron chi connectivity index (χ2n) is 3.02. The lowest BCUT2D eigenvalue weighted by Gasteiger charge is -2.14. The lowest BCUT2D eigenvalue weighted by molar-refractivity contribution is -0.137. The van der Waals surface area contributed by atoms with Gasteiger partial charge >= 0.3 is 5.97 Å². The van der Waals surface area contributed by atoms with Crippen LogP contribution >= 0.6 is 23.1 Å². The molecule has 100 valence electrons. The van der Waals surface area contributed by atoms with E-state index in [1.807, 2.05) is 17.5 Å². The molecule has 0 aromatic carbocycles. The minimum atomic E-state index is -0.968. The number of aliphatic carboxylic acids is 1. The molecule has 1 unspecified atom stereocenters. The summed E-state index contributed by atoms with van der Waals surface area (Å²) in [7, 11) is 0. The van der Waals surface area contributed by atoms with E-state index in [1.54, 1.807) is 11.3 Å². The molecular weight excluding hydrogens is 264 g/mol. The predicted molar refractivity (Wildman–Crippen MR) is 71.4 cm³/mol. The molecule has 0 spiro atoms. The van der Waals surface area contributed by atoms with Crippen molar-refractivity contribution >= 4 is 29.1 Å². The highest BCUT2D eigenvalue weighted by molar-refractivity contribution is 7.99. The van der Waals surface area contributed by atoms with Crippen molar-refractivity contribution in [3.63, 3.8) is 0 Å². The molecule has 9 N–H and O–H groups in total. The summed E-state index contributed by atoms with van der Waals surface area (Å²) < 4.78 is 0. The van der Waals surface area contributed by atoms with Crippen LogP contribution < -0.4 is 11.5 Å². The monoisotopic (exact) mass is 282 g/mol. The third-order valence-corrected chi connectivity index (χ3v) is 4.40. The molecule has 8 heteroatoms. The van der Waals surface area contributed by atoms with Gasteiger partial charge in [-0.2, -0.15) is 0 Å². The quantitative estimate of drug-likeness (QED) is 0.626. The van der Waals surface area contributed by atoms with E-state index < -0.39 is 12.0 Å². The van der Waals surface area contributed by atoms with E-state index in [-0.39, 0.29) is 16.2 Å². The Hall–Kier alpha value is -0.640. The molecule has 1 aromatic rings. The standard InChI is InChI=1S/C9H14N2O2S2.2H2O/c10-4-8(7-2-1-3-14-7)15-5-6(11)9(12)13;;/h1-3,6,8H,4-5,10-11H2,(H,12,13);2*1H2/t6-,8?;;/m0../s1. The highest BCUT2D eigenvalue weighted by Crippen LogP contribution is 2.31. The average Bonchev–Trinajstić information content (AvgIpc) is 2.71. The lowest BCUT2D eigenvalue weighted by atomic mass is 10.3. The van der Waals surface area contributed by atoms with E-state index in [0.29, 0.717) is 12.3 Å². The Labute approximate surface area is 108 Å². The van der Waals surface area contributed by atoms with Crippen LogP contribution in [0.25, 0.3) is 0 Å². The van der Waals surface area contributed by atoms with Gasteiger partial charge in [-0.1, -0.05) is 6.07 Å². The van der Waals surface area contributed by atoms with Crippen molar-refractivity contribution in [2.45, 2.75) is 11.3 Å². The number of carbonyl (C=O) groups is 1. The van der Waals surface area contributed by atoms with Crippen molar-refractivity contribution < 1.29 is 20.9 Å². The summed E-state index contributed by atoms with van der Waals surface area (Å²) in [6.07, 6.45) is 0. The van der Waals surface area contributed by atoms with Crippen molar-refractivity contribution in [3.05, 3.63) is 22.4 Å². The fourth-order valence-corrected chi connectivity index (χ4v) is 3.08. The van der Waals surface area contributed by atoms with Crippen LogP contribution in [-0.4, -0.2) is 40.4 Å². The number of thiophene rings is 1. The van der Waals surface area contributed by atoms with Crippen LogP contribution in [0.5, 0.6) is 0 Å². The minimum absolute atomic E-state index is 0. The van der Waals surface area contributed by atoms with Crippen molar-refractivity contribution in [2.75, 3.05) is 12.3 Å². The zero-order valence-electron chi connectivity index (χ0n) is 9.13. The van der Waals surface area contributed by atoms with Crippen molar-refractivity contribution in [1.82, 2.24) is 0 Å². The van der Waals surface area contributed by atoms with E-state index >= 15 is 0 Å². The first-order valence-electron chi connectivity index (χ1n) is 4.48. The Morgan fingerprint density at radius 1 is 1.53 bits per heavy atom. The molecule has 1 heterocycles. The van der Waals surface area contributed by atoms with Gasteiger partial charge in [-0.05, 0) is 11.4 Å². The van der Waals surface area contributed by atoms with Gasteiger partial charge in [0.15, 0.2) is 0 Å². The highest BCUT2D eigenvalue weighted by atomic mass is 32.2. The molecule has 17 heavy (non-hydrogen) atoms. The molecule has 0 bridgehead atoms. The smallest absolute Gasteiger partial charge is 0.321 e. The van der Waals surface area contributed by atoms with Crippen LogP contribution in [0.2, 0.25) is 0 Å². The molecule has 0 radical (unpaired) electrons. The largest absolute Gasteiger partial charge is 0.480 e. The third-order valence-electron chi connectivity index (χ3n) is 1.87. The maximum atomic E-state index is 10.5. The second kappa shape index (κ2) is 9.40. The topological polar surface area (TPSA) is 152 Å². The first kappa shape index (κ1) is 18.7. The van der Waals surface area contributed by atoms with Gasteiger partial charge < -0.3 is 27.5 Å². The van der Waals surface area contributed by atoms with Crippen LogP contribution in [0.4, 0.5) is 0 Å². The van der Waals surface area contributed by atoms with Gasteiger partial charge in [0.1, 0.15) is 6.04 Å². The van der Waals surface area contributed by atoms with Crippen molar-refractivity contribution in [1.29, 1.82) is 0 Å². The SMILES string of the molecule is NCC(SC[C@H](N)C(=O)O)c1cccs1.O.O. The Balaban J connectivity index is 0. The Morgan fingerprint density at radius 2 is 2.18 bits per heavy atom. The molecule has 0 aliphatic carbocycles. The number of hydrogen-bond donors (Lipinski definition) is 3. The van der Waals surface area contributed by atoms with Gasteiger partial charge in [-0.3, -0.25) is 4.79 Å². The molecule has 0 aliphatic rings. The van der Waals surface area contributed by atoms with Gasteiger partial charge in [-0.25, -0.2) is 0 Å². The second-order valence-corrected chi connectivity index (χ2v) is 5.23. The van der Waals surface area contributed by atoms with E-state index in [1.165, 1.54) is 16.6 Å². The molecule has 0 saturated carbocycles. The third kappa shape index (κ3) is 6.01. The van der Waals surface area contributed by atoms with Gasteiger partial charge in [0.05, 0.1) is 5.25 Å². The maximum Gasteiger partial charge on any atom is 0.321 e.